The first-order valence-corrected chi connectivity index (χ1v) is 14.0. The summed E-state index contributed by atoms with van der Waals surface area (Å²) in [5, 5.41) is 7.42. The smallest absolute Gasteiger partial charge is 0.247 e. The number of carbonyl (C=O) groups excluding carboxylic acids is 1. The molecule has 0 aliphatic carbocycles. The highest BCUT2D eigenvalue weighted by Gasteiger charge is 2.23. The van der Waals surface area contributed by atoms with Crippen LogP contribution >= 0.6 is 0 Å². The van der Waals surface area contributed by atoms with E-state index in [0.29, 0.717) is 30.7 Å². The summed E-state index contributed by atoms with van der Waals surface area (Å²) in [6.07, 6.45) is 5.76. The molecule has 0 atom stereocenters. The third-order valence-electron chi connectivity index (χ3n) is 7.50. The van der Waals surface area contributed by atoms with Gasteiger partial charge in [0.1, 0.15) is 6.33 Å². The molecule has 10 heteroatoms. The van der Waals surface area contributed by atoms with Crippen LogP contribution in [0.3, 0.4) is 0 Å². The highest BCUT2D eigenvalue weighted by Crippen LogP contribution is 2.39. The topological polar surface area (TPSA) is 100 Å². The van der Waals surface area contributed by atoms with Gasteiger partial charge in [0.05, 0.1) is 35.8 Å². The van der Waals surface area contributed by atoms with Gasteiger partial charge in [0.15, 0.2) is 5.82 Å². The lowest BCUT2D eigenvalue weighted by molar-refractivity contribution is -0.111. The molecule has 0 unspecified atom stereocenters. The molecule has 0 spiro atoms. The molecule has 3 heterocycles. The Morgan fingerprint density at radius 1 is 1.14 bits per heavy atom. The molecule has 2 aromatic heterocycles. The zero-order valence-corrected chi connectivity index (χ0v) is 24.9. The fourth-order valence-corrected chi connectivity index (χ4v) is 5.23. The monoisotopic (exact) mass is 566 g/mol. The number of carbonyl (C=O) groups is 1. The zero-order chi connectivity index (χ0) is 29.8. The van der Waals surface area contributed by atoms with Crippen LogP contribution in [-0.4, -0.2) is 77.8 Å². The maximum Gasteiger partial charge on any atom is 0.247 e. The van der Waals surface area contributed by atoms with Gasteiger partial charge in [-0.1, -0.05) is 30.9 Å². The van der Waals surface area contributed by atoms with Crippen LogP contribution in [-0.2, 0) is 16.6 Å². The Morgan fingerprint density at radius 2 is 1.95 bits per heavy atom. The summed E-state index contributed by atoms with van der Waals surface area (Å²) < 4.78 is 7.80. The predicted octanol–water partition coefficient (Wildman–Crippen LogP) is 5.01. The molecule has 0 saturated heterocycles. The number of ether oxygens (including phenoxy) is 1. The molecule has 218 valence electrons. The molecule has 4 aromatic rings. The van der Waals surface area contributed by atoms with Gasteiger partial charge in [-0.15, -0.1) is 0 Å². The maximum atomic E-state index is 12.3. The minimum Gasteiger partial charge on any atom is -0.377 e. The van der Waals surface area contributed by atoms with E-state index in [-0.39, 0.29) is 5.91 Å². The normalized spacial score (nSPS) is 13.2. The molecular weight excluding hydrogens is 528 g/mol. The molecule has 10 nitrogen and oxygen atoms in total. The van der Waals surface area contributed by atoms with Gasteiger partial charge in [0.25, 0.3) is 0 Å². The molecule has 1 amide bonds. The summed E-state index contributed by atoms with van der Waals surface area (Å²) in [4.78, 5) is 30.5. The number of benzene rings is 2. The maximum absolute atomic E-state index is 12.3. The number of nitrogens with one attached hydrogen (secondary N) is 2. The predicted molar refractivity (Wildman–Crippen MR) is 170 cm³/mol. The quantitative estimate of drug-likeness (QED) is 0.259. The van der Waals surface area contributed by atoms with Gasteiger partial charge in [-0.3, -0.25) is 4.79 Å². The molecule has 2 aromatic carbocycles. The van der Waals surface area contributed by atoms with E-state index >= 15 is 0 Å². The second-order valence-corrected chi connectivity index (χ2v) is 10.7. The molecule has 1 aliphatic rings. The Balaban J connectivity index is 1.54. The summed E-state index contributed by atoms with van der Waals surface area (Å²) in [5.74, 6) is 0.725. The lowest BCUT2D eigenvalue weighted by Crippen LogP contribution is -2.29. The SMILES string of the molecule is C=CC(=O)Nc1cc(Nc2ncnc(-c3c(C4=CCOCC4)n(C)c4ccccc34)n2)c(C)cc1N(C)CCN(C)C. The second kappa shape index (κ2) is 12.5. The molecule has 0 fully saturated rings. The summed E-state index contributed by atoms with van der Waals surface area (Å²) in [6.45, 7) is 8.57. The van der Waals surface area contributed by atoms with Crippen molar-refractivity contribution in [1.82, 2.24) is 24.4 Å². The van der Waals surface area contributed by atoms with Crippen LogP contribution in [0.25, 0.3) is 27.9 Å². The van der Waals surface area contributed by atoms with E-state index in [1.54, 1.807) is 0 Å². The first kappa shape index (κ1) is 29.0. The number of fused-ring (bicyclic) bond motifs is 1. The fourth-order valence-electron chi connectivity index (χ4n) is 5.23. The first-order chi connectivity index (χ1) is 20.3. The van der Waals surface area contributed by atoms with Crippen LogP contribution < -0.4 is 15.5 Å². The summed E-state index contributed by atoms with van der Waals surface area (Å²) in [7, 11) is 8.18. The van der Waals surface area contributed by atoms with Crippen molar-refractivity contribution in [3.63, 3.8) is 0 Å². The van der Waals surface area contributed by atoms with Crippen molar-refractivity contribution in [1.29, 1.82) is 0 Å². The van der Waals surface area contributed by atoms with Crippen molar-refractivity contribution in [2.75, 3.05) is 63.0 Å². The summed E-state index contributed by atoms with van der Waals surface area (Å²) >= 11 is 0. The number of rotatable bonds is 10. The van der Waals surface area contributed by atoms with E-state index in [1.165, 1.54) is 18.0 Å². The van der Waals surface area contributed by atoms with Gasteiger partial charge in [0.2, 0.25) is 11.9 Å². The van der Waals surface area contributed by atoms with Crippen LogP contribution in [0.1, 0.15) is 17.7 Å². The number of likely N-dealkylation sites (N-methyl/N-ethyl adjacent to an activating group) is 2. The lowest BCUT2D eigenvalue weighted by atomic mass is 10.0. The minimum atomic E-state index is -0.277. The number of para-hydroxylation sites is 1. The van der Waals surface area contributed by atoms with E-state index in [0.717, 1.165) is 58.6 Å². The van der Waals surface area contributed by atoms with Gasteiger partial charge >= 0.3 is 0 Å². The molecule has 42 heavy (non-hydrogen) atoms. The van der Waals surface area contributed by atoms with Crippen molar-refractivity contribution in [2.24, 2.45) is 7.05 Å². The van der Waals surface area contributed by atoms with Crippen LogP contribution in [0.4, 0.5) is 23.0 Å². The van der Waals surface area contributed by atoms with E-state index in [2.05, 4.69) is 72.9 Å². The van der Waals surface area contributed by atoms with Crippen molar-refractivity contribution in [3.05, 3.63) is 72.7 Å². The van der Waals surface area contributed by atoms with Crippen molar-refractivity contribution in [3.8, 4) is 11.4 Å². The van der Waals surface area contributed by atoms with Gasteiger partial charge in [-0.2, -0.15) is 4.98 Å². The number of anilines is 4. The number of amides is 1. The van der Waals surface area contributed by atoms with Crippen LogP contribution in [0.15, 0.2) is 61.5 Å². The first-order valence-electron chi connectivity index (χ1n) is 14.0. The Labute approximate surface area is 246 Å². The molecular formula is C32H38N8O2. The van der Waals surface area contributed by atoms with Crippen molar-refractivity contribution in [2.45, 2.75) is 13.3 Å². The van der Waals surface area contributed by atoms with Crippen LogP contribution in [0.5, 0.6) is 0 Å². The number of aromatic nitrogens is 4. The van der Waals surface area contributed by atoms with Gasteiger partial charge in [0, 0.05) is 43.8 Å². The van der Waals surface area contributed by atoms with Crippen LogP contribution in [0, 0.1) is 6.92 Å². The van der Waals surface area contributed by atoms with E-state index in [9.17, 15) is 4.79 Å². The highest BCUT2D eigenvalue weighted by atomic mass is 16.5. The largest absolute Gasteiger partial charge is 0.377 e. The highest BCUT2D eigenvalue weighted by molar-refractivity contribution is 6.02. The average molecular weight is 567 g/mol. The molecule has 0 saturated carbocycles. The van der Waals surface area contributed by atoms with Gasteiger partial charge < -0.3 is 29.7 Å². The van der Waals surface area contributed by atoms with Crippen molar-refractivity contribution >= 4 is 45.4 Å². The summed E-state index contributed by atoms with van der Waals surface area (Å²) in [5.41, 5.74) is 7.74. The number of hydrogen-bond acceptors (Lipinski definition) is 8. The zero-order valence-electron chi connectivity index (χ0n) is 24.9. The standard InChI is InChI=1S/C32H38N8O2/c1-7-28(41)35-25-19-24(21(2)18-27(25)39(5)15-14-38(3)4)36-32-34-20-33-31(37-32)29-23-10-8-9-11-26(23)40(6)30(29)22-12-16-42-17-13-22/h7-12,18-20H,1,13-17H2,2-6H3,(H,35,41)(H,33,34,36,37). The second-order valence-electron chi connectivity index (χ2n) is 10.7. The molecule has 5 rings (SSSR count). The summed E-state index contributed by atoms with van der Waals surface area (Å²) in [6, 6.07) is 12.3. The Hall–Kier alpha value is -4.54. The van der Waals surface area contributed by atoms with E-state index in [1.807, 2.05) is 46.3 Å². The fraction of sp³-hybridized carbons (Fsp3) is 0.312. The third kappa shape index (κ3) is 6.05. The Kier molecular flexibility index (Phi) is 8.65. The number of aryl methyl sites for hydroxylation is 2. The third-order valence-corrected chi connectivity index (χ3v) is 7.50. The number of nitrogens with zero attached hydrogens (tertiary/aromatic N) is 6. The Bertz CT molecular complexity index is 1660. The van der Waals surface area contributed by atoms with Crippen molar-refractivity contribution < 1.29 is 9.53 Å². The average Bonchev–Trinajstić information content (AvgIpc) is 3.30. The molecule has 0 bridgehead atoms. The minimum absolute atomic E-state index is 0.277. The molecule has 1 aliphatic heterocycles. The van der Waals surface area contributed by atoms with Gasteiger partial charge in [-0.05, 0) is 62.9 Å². The lowest BCUT2D eigenvalue weighted by Gasteiger charge is -2.25. The molecule has 0 radical (unpaired) electrons. The number of hydrogen-bond donors (Lipinski definition) is 2. The molecule has 2 N–H and O–H groups in total. The van der Waals surface area contributed by atoms with E-state index in [4.69, 9.17) is 9.72 Å². The van der Waals surface area contributed by atoms with Crippen LogP contribution in [0.2, 0.25) is 0 Å². The van der Waals surface area contributed by atoms with Gasteiger partial charge in [-0.25, -0.2) is 9.97 Å². The van der Waals surface area contributed by atoms with E-state index < -0.39 is 0 Å². The Morgan fingerprint density at radius 3 is 2.69 bits per heavy atom.